The number of amides is 2. The number of carbonyl (C=O) groups is 2. The van der Waals surface area contributed by atoms with Gasteiger partial charge in [-0.25, -0.2) is 4.99 Å². The molecule has 29 heavy (non-hydrogen) atoms. The van der Waals surface area contributed by atoms with E-state index < -0.39 is 0 Å². The third-order valence-electron chi connectivity index (χ3n) is 5.43. The van der Waals surface area contributed by atoms with Crippen molar-refractivity contribution >= 4 is 53.1 Å². The van der Waals surface area contributed by atoms with Crippen LogP contribution in [-0.4, -0.2) is 67.3 Å². The number of hydrogen-bond donors (Lipinski definition) is 2. The monoisotopic (exact) mass is 533 g/mol. The number of thiophene rings is 1. The molecule has 0 spiro atoms. The highest BCUT2D eigenvalue weighted by atomic mass is 127. The number of likely N-dealkylation sites (N-methyl/N-ethyl adjacent to an activating group) is 1. The first-order valence-electron chi connectivity index (χ1n) is 10.1. The lowest BCUT2D eigenvalue weighted by Crippen LogP contribution is -2.45. The average Bonchev–Trinajstić information content (AvgIpc) is 3.45. The Morgan fingerprint density at radius 3 is 2.69 bits per heavy atom. The fourth-order valence-electron chi connectivity index (χ4n) is 3.73. The van der Waals surface area contributed by atoms with Crippen molar-refractivity contribution in [3.63, 3.8) is 0 Å². The van der Waals surface area contributed by atoms with Crippen LogP contribution in [0.1, 0.15) is 37.0 Å². The molecule has 1 saturated heterocycles. The second-order valence-electron chi connectivity index (χ2n) is 7.78. The molecule has 2 aliphatic rings. The van der Waals surface area contributed by atoms with Gasteiger partial charge in [-0.15, -0.1) is 35.3 Å². The lowest BCUT2D eigenvalue weighted by Gasteiger charge is -2.21. The third kappa shape index (κ3) is 7.13. The maximum atomic E-state index is 12.7. The molecule has 1 saturated carbocycles. The maximum Gasteiger partial charge on any atom is 0.243 e. The Labute approximate surface area is 194 Å². The van der Waals surface area contributed by atoms with Crippen molar-refractivity contribution in [2.24, 2.45) is 10.9 Å². The zero-order valence-corrected chi connectivity index (χ0v) is 20.4. The molecule has 1 aromatic heterocycles. The van der Waals surface area contributed by atoms with E-state index in [9.17, 15) is 9.59 Å². The van der Waals surface area contributed by atoms with Crippen LogP contribution in [0.4, 0.5) is 0 Å². The number of halogens is 1. The summed E-state index contributed by atoms with van der Waals surface area (Å²) in [4.78, 5) is 33.8. The van der Waals surface area contributed by atoms with E-state index in [1.807, 2.05) is 16.3 Å². The van der Waals surface area contributed by atoms with E-state index in [-0.39, 0.29) is 48.4 Å². The molecule has 2 fully saturated rings. The topological polar surface area (TPSA) is 77.0 Å². The fourth-order valence-corrected chi connectivity index (χ4v) is 4.37. The van der Waals surface area contributed by atoms with Crippen molar-refractivity contribution in [3.8, 4) is 0 Å². The van der Waals surface area contributed by atoms with E-state index in [0.29, 0.717) is 25.0 Å². The lowest BCUT2D eigenvalue weighted by molar-refractivity contribution is -0.134. The van der Waals surface area contributed by atoms with Crippen molar-refractivity contribution in [1.82, 2.24) is 20.4 Å². The Hall–Kier alpha value is -1.36. The fraction of sp³-hybridized carbons (Fsp3) is 0.650. The Kier molecular flexibility index (Phi) is 9.67. The van der Waals surface area contributed by atoms with Crippen LogP contribution in [-0.2, 0) is 16.1 Å². The predicted octanol–water partition coefficient (Wildman–Crippen LogP) is 2.28. The highest BCUT2D eigenvalue weighted by Crippen LogP contribution is 2.27. The average molecular weight is 533 g/mol. The first-order valence-corrected chi connectivity index (χ1v) is 11.0. The Morgan fingerprint density at radius 1 is 1.28 bits per heavy atom. The second kappa shape index (κ2) is 11.7. The zero-order valence-electron chi connectivity index (χ0n) is 17.2. The summed E-state index contributed by atoms with van der Waals surface area (Å²) < 4.78 is 0. The molecule has 1 aromatic rings. The summed E-state index contributed by atoms with van der Waals surface area (Å²) in [5.74, 6) is 1.13. The first kappa shape index (κ1) is 23.9. The molecular formula is C20H32IN5O2S. The third-order valence-corrected chi connectivity index (χ3v) is 6.30. The van der Waals surface area contributed by atoms with Gasteiger partial charge in [-0.1, -0.05) is 18.9 Å². The summed E-state index contributed by atoms with van der Waals surface area (Å²) in [6.45, 7) is 2.26. The van der Waals surface area contributed by atoms with E-state index in [0.717, 1.165) is 25.8 Å². The summed E-state index contributed by atoms with van der Waals surface area (Å²) >= 11 is 1.68. The number of carbonyl (C=O) groups excluding carboxylic acids is 2. The van der Waals surface area contributed by atoms with Gasteiger partial charge in [0.05, 0.1) is 6.54 Å². The van der Waals surface area contributed by atoms with Crippen LogP contribution in [0, 0.1) is 5.92 Å². The number of nitrogens with one attached hydrogen (secondary N) is 2. The van der Waals surface area contributed by atoms with Crippen LogP contribution in [0.2, 0.25) is 0 Å². The number of aliphatic imine (C=N–C) groups is 1. The van der Waals surface area contributed by atoms with Crippen molar-refractivity contribution in [1.29, 1.82) is 0 Å². The van der Waals surface area contributed by atoms with Crippen LogP contribution in [0.25, 0.3) is 0 Å². The molecule has 9 heteroatoms. The molecule has 0 radical (unpaired) electrons. The molecule has 2 N–H and O–H groups in total. The van der Waals surface area contributed by atoms with Gasteiger partial charge in [0.25, 0.3) is 0 Å². The van der Waals surface area contributed by atoms with Crippen LogP contribution < -0.4 is 10.6 Å². The summed E-state index contributed by atoms with van der Waals surface area (Å²) in [5.41, 5.74) is 0. The van der Waals surface area contributed by atoms with Crippen LogP contribution in [0.5, 0.6) is 0 Å². The molecule has 162 valence electrons. The van der Waals surface area contributed by atoms with E-state index >= 15 is 0 Å². The van der Waals surface area contributed by atoms with Crippen molar-refractivity contribution in [2.45, 2.75) is 44.7 Å². The van der Waals surface area contributed by atoms with Gasteiger partial charge < -0.3 is 20.4 Å². The highest BCUT2D eigenvalue weighted by molar-refractivity contribution is 14.0. The molecule has 1 atom stereocenters. The number of hydrogen-bond acceptors (Lipinski definition) is 4. The quantitative estimate of drug-likeness (QED) is 0.334. The van der Waals surface area contributed by atoms with Crippen molar-refractivity contribution < 1.29 is 9.59 Å². The molecule has 1 unspecified atom stereocenters. The summed E-state index contributed by atoms with van der Waals surface area (Å²) in [7, 11) is 3.46. The summed E-state index contributed by atoms with van der Waals surface area (Å²) in [6.07, 6.45) is 5.33. The predicted molar refractivity (Wildman–Crippen MR) is 128 cm³/mol. The Bertz CT molecular complexity index is 689. The Morgan fingerprint density at radius 2 is 2.03 bits per heavy atom. The maximum absolute atomic E-state index is 12.7. The standard InChI is InChI=1S/C20H31N5O2S.HI/c1-24(2)18(26)13-22-20(21-12-17-8-5-11-28-17)23-16-9-10-25(14-16)19(27)15-6-3-4-7-15;/h5,8,11,15-16H,3-4,6-7,9-10,12-14H2,1-2H3,(H2,21,22,23);1H. The SMILES string of the molecule is CN(C)C(=O)CN=C(NCc1cccs1)NC1CCN(C(=O)C2CCCC2)C1.I. The molecular weight excluding hydrogens is 501 g/mol. The molecule has 0 bridgehead atoms. The molecule has 3 rings (SSSR count). The number of guanidine groups is 1. The lowest BCUT2D eigenvalue weighted by atomic mass is 10.1. The van der Waals surface area contributed by atoms with Gasteiger partial charge in [0.1, 0.15) is 6.54 Å². The van der Waals surface area contributed by atoms with Crippen LogP contribution >= 0.6 is 35.3 Å². The van der Waals surface area contributed by atoms with Gasteiger partial charge in [0, 0.05) is 44.0 Å². The number of rotatable bonds is 6. The number of nitrogens with zero attached hydrogens (tertiary/aromatic N) is 3. The van der Waals surface area contributed by atoms with Crippen LogP contribution in [0.15, 0.2) is 22.5 Å². The number of likely N-dealkylation sites (tertiary alicyclic amines) is 1. The van der Waals surface area contributed by atoms with Gasteiger partial charge in [-0.05, 0) is 30.7 Å². The molecule has 1 aliphatic heterocycles. The van der Waals surface area contributed by atoms with Gasteiger partial charge >= 0.3 is 0 Å². The van der Waals surface area contributed by atoms with Gasteiger partial charge in [-0.2, -0.15) is 0 Å². The first-order chi connectivity index (χ1) is 13.5. The Balaban J connectivity index is 0.00000300. The largest absolute Gasteiger partial charge is 0.352 e. The van der Waals surface area contributed by atoms with E-state index in [1.165, 1.54) is 22.6 Å². The minimum Gasteiger partial charge on any atom is -0.352 e. The summed E-state index contributed by atoms with van der Waals surface area (Å²) in [5, 5.41) is 8.79. The molecule has 2 heterocycles. The highest BCUT2D eigenvalue weighted by Gasteiger charge is 2.32. The van der Waals surface area contributed by atoms with E-state index in [1.54, 1.807) is 25.4 Å². The minimum atomic E-state index is -0.0401. The normalized spacial score (nSPS) is 19.7. The molecule has 7 nitrogen and oxygen atoms in total. The van der Waals surface area contributed by atoms with Crippen molar-refractivity contribution in [3.05, 3.63) is 22.4 Å². The summed E-state index contributed by atoms with van der Waals surface area (Å²) in [6, 6.07) is 4.25. The van der Waals surface area contributed by atoms with E-state index in [4.69, 9.17) is 0 Å². The molecule has 2 amide bonds. The van der Waals surface area contributed by atoms with Gasteiger partial charge in [-0.3, -0.25) is 9.59 Å². The molecule has 0 aromatic carbocycles. The van der Waals surface area contributed by atoms with Crippen LogP contribution in [0.3, 0.4) is 0 Å². The van der Waals surface area contributed by atoms with Crippen molar-refractivity contribution in [2.75, 3.05) is 33.7 Å². The van der Waals surface area contributed by atoms with Gasteiger partial charge in [0.15, 0.2) is 5.96 Å². The zero-order chi connectivity index (χ0) is 19.9. The molecule has 1 aliphatic carbocycles. The van der Waals surface area contributed by atoms with Gasteiger partial charge in [0.2, 0.25) is 11.8 Å². The second-order valence-corrected chi connectivity index (χ2v) is 8.81. The smallest absolute Gasteiger partial charge is 0.243 e. The van der Waals surface area contributed by atoms with E-state index in [2.05, 4.69) is 21.7 Å². The minimum absolute atomic E-state index is 0.